The molecule has 3 rings (SSSR count). The molecule has 0 fully saturated rings. The molecule has 0 saturated heterocycles. The second kappa shape index (κ2) is 5.29. The molecule has 0 atom stereocenters. The third-order valence-corrected chi connectivity index (χ3v) is 6.59. The Hall–Kier alpha value is -1.97. The van der Waals surface area contributed by atoms with Crippen LogP contribution in [0.2, 0.25) is 0 Å². The molecule has 6 nitrogen and oxygen atoms in total. The molecule has 0 bridgehead atoms. The first kappa shape index (κ1) is 15.9. The van der Waals surface area contributed by atoms with Crippen molar-refractivity contribution in [3.05, 3.63) is 53.8 Å². The molecule has 0 spiro atoms. The molecule has 2 aromatic carbocycles. The van der Waals surface area contributed by atoms with Crippen molar-refractivity contribution in [2.45, 2.75) is 16.2 Å². The Morgan fingerprint density at radius 1 is 1.00 bits per heavy atom. The highest BCUT2D eigenvalue weighted by Crippen LogP contribution is 2.34. The van der Waals surface area contributed by atoms with Crippen LogP contribution in [0.3, 0.4) is 0 Å². The summed E-state index contributed by atoms with van der Waals surface area (Å²) >= 11 is 0. The number of nitrogens with two attached hydrogens (primary N) is 1. The van der Waals surface area contributed by atoms with Crippen LogP contribution < -0.4 is 9.44 Å². The minimum Gasteiger partial charge on any atom is -0.266 e. The van der Waals surface area contributed by atoms with Crippen LogP contribution >= 0.6 is 0 Å². The first-order chi connectivity index (χ1) is 10.7. The summed E-state index contributed by atoms with van der Waals surface area (Å²) in [6.07, 6.45) is 0.423. The number of halogens is 1. The molecule has 0 aromatic heterocycles. The van der Waals surface area contributed by atoms with Crippen LogP contribution in [0.25, 0.3) is 0 Å². The predicted molar refractivity (Wildman–Crippen MR) is 82.5 cm³/mol. The van der Waals surface area contributed by atoms with E-state index < -0.39 is 35.7 Å². The largest absolute Gasteiger partial charge is 0.266 e. The average molecular weight is 356 g/mol. The monoisotopic (exact) mass is 356 g/mol. The molecule has 0 saturated carbocycles. The lowest BCUT2D eigenvalue weighted by Crippen LogP contribution is -2.31. The van der Waals surface area contributed by atoms with Crippen LogP contribution in [-0.2, 0) is 26.5 Å². The number of benzene rings is 2. The van der Waals surface area contributed by atoms with E-state index in [1.54, 1.807) is 0 Å². The van der Waals surface area contributed by atoms with Crippen molar-refractivity contribution in [2.75, 3.05) is 10.8 Å². The summed E-state index contributed by atoms with van der Waals surface area (Å²) in [5.41, 5.74) is 0.900. The van der Waals surface area contributed by atoms with E-state index in [1.807, 2.05) is 0 Å². The Morgan fingerprint density at radius 2 is 1.65 bits per heavy atom. The van der Waals surface area contributed by atoms with Crippen LogP contribution in [0.5, 0.6) is 0 Å². The van der Waals surface area contributed by atoms with Gasteiger partial charge in [-0.2, -0.15) is 0 Å². The normalized spacial score (nSPS) is 14.8. The maximum Gasteiger partial charge on any atom is 0.265 e. The van der Waals surface area contributed by atoms with Crippen LogP contribution in [0.4, 0.5) is 10.1 Å². The van der Waals surface area contributed by atoms with Gasteiger partial charge in [0.2, 0.25) is 10.0 Å². The highest BCUT2D eigenvalue weighted by molar-refractivity contribution is 7.94. The van der Waals surface area contributed by atoms with Crippen molar-refractivity contribution in [3.8, 4) is 0 Å². The smallest absolute Gasteiger partial charge is 0.265 e. The van der Waals surface area contributed by atoms with E-state index in [-0.39, 0.29) is 12.2 Å². The van der Waals surface area contributed by atoms with E-state index in [0.29, 0.717) is 12.0 Å². The molecule has 1 aliphatic rings. The van der Waals surface area contributed by atoms with E-state index in [2.05, 4.69) is 0 Å². The summed E-state index contributed by atoms with van der Waals surface area (Å²) in [7, 11) is -8.39. The Balaban J connectivity index is 2.18. The van der Waals surface area contributed by atoms with Gasteiger partial charge < -0.3 is 0 Å². The highest BCUT2D eigenvalue weighted by atomic mass is 32.2. The molecule has 0 radical (unpaired) electrons. The van der Waals surface area contributed by atoms with Crippen LogP contribution in [-0.4, -0.2) is 23.4 Å². The van der Waals surface area contributed by atoms with Gasteiger partial charge in [-0.05, 0) is 36.2 Å². The van der Waals surface area contributed by atoms with Crippen molar-refractivity contribution in [1.82, 2.24) is 0 Å². The Kier molecular flexibility index (Phi) is 3.66. The molecule has 23 heavy (non-hydrogen) atoms. The van der Waals surface area contributed by atoms with Gasteiger partial charge in [-0.1, -0.05) is 18.2 Å². The second-order valence-electron chi connectivity index (χ2n) is 5.09. The number of hydrogen-bond donors (Lipinski definition) is 1. The number of nitrogens with zero attached hydrogens (tertiary/aromatic N) is 1. The first-order valence-electron chi connectivity index (χ1n) is 6.64. The van der Waals surface area contributed by atoms with Gasteiger partial charge in [0.1, 0.15) is 15.6 Å². The Bertz CT molecular complexity index is 988. The van der Waals surface area contributed by atoms with Crippen molar-refractivity contribution >= 4 is 25.7 Å². The quantitative estimate of drug-likeness (QED) is 0.894. The minimum atomic E-state index is -4.21. The van der Waals surface area contributed by atoms with E-state index in [1.165, 1.54) is 30.3 Å². The lowest BCUT2D eigenvalue weighted by molar-refractivity contribution is 0.581. The standard InChI is InChI=1S/C14H13FN2O4S2/c15-11-6-5-10-7-8-17(12(10)9-11)23(20,21)14-4-2-1-3-13(14)22(16,18)19/h1-6,9H,7-8H2,(H2,16,18,19). The molecule has 1 heterocycles. The van der Waals surface area contributed by atoms with Gasteiger partial charge in [-0.15, -0.1) is 0 Å². The lowest BCUT2D eigenvalue weighted by Gasteiger charge is -2.20. The third kappa shape index (κ3) is 2.71. The first-order valence-corrected chi connectivity index (χ1v) is 9.63. The Labute approximate surface area is 133 Å². The summed E-state index contributed by atoms with van der Waals surface area (Å²) in [4.78, 5) is -0.899. The zero-order valence-electron chi connectivity index (χ0n) is 11.8. The zero-order valence-corrected chi connectivity index (χ0v) is 13.4. The molecule has 0 unspecified atom stereocenters. The van der Waals surface area contributed by atoms with E-state index in [0.717, 1.165) is 16.4 Å². The summed E-state index contributed by atoms with van der Waals surface area (Å²) < 4.78 is 63.5. The second-order valence-corrected chi connectivity index (χ2v) is 8.45. The van der Waals surface area contributed by atoms with Crippen LogP contribution in [0.1, 0.15) is 5.56 Å². The van der Waals surface area contributed by atoms with Gasteiger partial charge in [0.05, 0.1) is 5.69 Å². The van der Waals surface area contributed by atoms with Crippen LogP contribution in [0.15, 0.2) is 52.3 Å². The van der Waals surface area contributed by atoms with Crippen molar-refractivity contribution < 1.29 is 21.2 Å². The number of primary sulfonamides is 1. The third-order valence-electron chi connectivity index (χ3n) is 3.62. The number of hydrogen-bond acceptors (Lipinski definition) is 4. The van der Waals surface area contributed by atoms with E-state index >= 15 is 0 Å². The lowest BCUT2D eigenvalue weighted by atomic mass is 10.2. The van der Waals surface area contributed by atoms with Gasteiger partial charge in [0.25, 0.3) is 10.0 Å². The van der Waals surface area contributed by atoms with Crippen molar-refractivity contribution in [2.24, 2.45) is 5.14 Å². The highest BCUT2D eigenvalue weighted by Gasteiger charge is 2.34. The summed E-state index contributed by atoms with van der Waals surface area (Å²) in [6, 6.07) is 9.00. The molecule has 1 aliphatic heterocycles. The van der Waals surface area contributed by atoms with Crippen molar-refractivity contribution in [1.29, 1.82) is 0 Å². The van der Waals surface area contributed by atoms with Crippen molar-refractivity contribution in [3.63, 3.8) is 0 Å². The Morgan fingerprint density at radius 3 is 2.30 bits per heavy atom. The topological polar surface area (TPSA) is 97.5 Å². The molecule has 122 valence electrons. The number of sulfonamides is 2. The predicted octanol–water partition coefficient (Wildman–Crippen LogP) is 1.22. The minimum absolute atomic E-state index is 0.111. The van der Waals surface area contributed by atoms with E-state index in [9.17, 15) is 21.2 Å². The van der Waals surface area contributed by atoms with Gasteiger partial charge in [0.15, 0.2) is 0 Å². The van der Waals surface area contributed by atoms with E-state index in [4.69, 9.17) is 5.14 Å². The molecular formula is C14H13FN2O4S2. The molecule has 2 N–H and O–H groups in total. The maximum absolute atomic E-state index is 13.5. The fraction of sp³-hybridized carbons (Fsp3) is 0.143. The van der Waals surface area contributed by atoms with Crippen LogP contribution in [0, 0.1) is 5.82 Å². The summed E-state index contributed by atoms with van der Waals surface area (Å²) in [5.74, 6) is -0.564. The van der Waals surface area contributed by atoms with Gasteiger partial charge in [-0.3, -0.25) is 4.31 Å². The van der Waals surface area contributed by atoms with Gasteiger partial charge in [-0.25, -0.2) is 26.4 Å². The number of anilines is 1. The van der Waals surface area contributed by atoms with Gasteiger partial charge >= 0.3 is 0 Å². The number of fused-ring (bicyclic) bond motifs is 1. The number of rotatable bonds is 3. The SMILES string of the molecule is NS(=O)(=O)c1ccccc1S(=O)(=O)N1CCc2ccc(F)cc21. The molecule has 2 aromatic rings. The van der Waals surface area contributed by atoms with Gasteiger partial charge in [0, 0.05) is 6.54 Å². The molecule has 9 heteroatoms. The fourth-order valence-electron chi connectivity index (χ4n) is 2.59. The summed E-state index contributed by atoms with van der Waals surface area (Å²) in [5, 5.41) is 5.10. The zero-order chi connectivity index (χ0) is 16.8. The molecular weight excluding hydrogens is 343 g/mol. The molecule has 0 aliphatic carbocycles. The average Bonchev–Trinajstić information content (AvgIpc) is 2.90. The fourth-order valence-corrected chi connectivity index (χ4v) is 5.44. The molecule has 0 amide bonds. The summed E-state index contributed by atoms with van der Waals surface area (Å²) in [6.45, 7) is 0.111. The maximum atomic E-state index is 13.5.